The van der Waals surface area contributed by atoms with Gasteiger partial charge in [0.05, 0.1) is 21.1 Å². The smallest absolute Gasteiger partial charge is 0.246 e. The van der Waals surface area contributed by atoms with Crippen molar-refractivity contribution < 1.29 is 9.18 Å². The van der Waals surface area contributed by atoms with Crippen LogP contribution in [-0.2, 0) is 17.4 Å². The van der Waals surface area contributed by atoms with Crippen LogP contribution in [0.15, 0.2) is 43.0 Å². The lowest BCUT2D eigenvalue weighted by Gasteiger charge is -2.33. The summed E-state index contributed by atoms with van der Waals surface area (Å²) in [5, 5.41) is 9.42. The van der Waals surface area contributed by atoms with E-state index in [1.807, 2.05) is 36.9 Å². The average Bonchev–Trinajstić information content (AvgIpc) is 3.26. The molecule has 0 bridgehead atoms. The number of carbonyl (C=O) groups excluding carboxylic acids is 1. The summed E-state index contributed by atoms with van der Waals surface area (Å²) in [6.07, 6.45) is 1.72. The lowest BCUT2D eigenvalue weighted by molar-refractivity contribution is -0.125. The van der Waals surface area contributed by atoms with Crippen LogP contribution in [0.1, 0.15) is 17.7 Å². The first kappa shape index (κ1) is 20.7. The topological polar surface area (TPSA) is 50.2 Å². The first-order valence-electron chi connectivity index (χ1n) is 9.52. The number of likely N-dealkylation sites (tertiary alicyclic amines) is 1. The van der Waals surface area contributed by atoms with E-state index in [4.69, 9.17) is 23.2 Å². The van der Waals surface area contributed by atoms with Crippen molar-refractivity contribution in [3.8, 4) is 0 Å². The van der Waals surface area contributed by atoms with E-state index >= 15 is 4.39 Å². The third-order valence-electron chi connectivity index (χ3n) is 5.79. The van der Waals surface area contributed by atoms with Gasteiger partial charge in [0.1, 0.15) is 5.82 Å². The van der Waals surface area contributed by atoms with Gasteiger partial charge in [0.2, 0.25) is 5.91 Å². The van der Waals surface area contributed by atoms with Gasteiger partial charge in [-0.15, -0.1) is 0 Å². The third-order valence-corrected chi connectivity index (χ3v) is 6.60. The van der Waals surface area contributed by atoms with E-state index in [0.717, 1.165) is 22.3 Å². The molecule has 1 aliphatic heterocycles. The van der Waals surface area contributed by atoms with Crippen molar-refractivity contribution in [1.29, 1.82) is 0 Å². The Morgan fingerprint density at radius 3 is 2.83 bits per heavy atom. The lowest BCUT2D eigenvalue weighted by atomic mass is 9.87. The second kappa shape index (κ2) is 7.60. The van der Waals surface area contributed by atoms with Crippen LogP contribution in [0.5, 0.6) is 0 Å². The number of hydrogen-bond donors (Lipinski definition) is 1. The second-order valence-electron chi connectivity index (χ2n) is 7.58. The summed E-state index contributed by atoms with van der Waals surface area (Å²) in [4.78, 5) is 13.9. The van der Waals surface area contributed by atoms with Crippen LogP contribution < -0.4 is 5.32 Å². The highest BCUT2D eigenvalue weighted by atomic mass is 35.5. The Labute approximate surface area is 184 Å². The zero-order valence-corrected chi connectivity index (χ0v) is 18.2. The fourth-order valence-corrected chi connectivity index (χ4v) is 4.64. The van der Waals surface area contributed by atoms with Crippen molar-refractivity contribution in [2.75, 3.05) is 18.4 Å². The molecular formula is C22H21Cl2FN4O. The van der Waals surface area contributed by atoms with Gasteiger partial charge in [-0.05, 0) is 49.8 Å². The van der Waals surface area contributed by atoms with Crippen molar-refractivity contribution in [2.24, 2.45) is 7.05 Å². The molecule has 0 radical (unpaired) electrons. The number of fused-ring (bicyclic) bond motifs is 1. The normalized spacial score (nSPS) is 18.8. The molecular weight excluding hydrogens is 426 g/mol. The molecule has 0 spiro atoms. The number of nitrogens with zero attached hydrogens (tertiary/aromatic N) is 3. The summed E-state index contributed by atoms with van der Waals surface area (Å²) in [7, 11) is 1.89. The Bertz CT molecular complexity index is 1180. The van der Waals surface area contributed by atoms with Gasteiger partial charge in [0.25, 0.3) is 0 Å². The Balaban J connectivity index is 1.82. The lowest BCUT2D eigenvalue weighted by Crippen LogP contribution is -2.41. The van der Waals surface area contributed by atoms with Crippen LogP contribution in [0, 0.1) is 12.7 Å². The number of rotatable bonds is 4. The molecule has 0 unspecified atom stereocenters. The average molecular weight is 447 g/mol. The minimum absolute atomic E-state index is 0.145. The van der Waals surface area contributed by atoms with E-state index in [-0.39, 0.29) is 28.1 Å². The number of aryl methyl sites for hydroxylation is 2. The molecule has 1 aromatic heterocycles. The van der Waals surface area contributed by atoms with Gasteiger partial charge in [-0.2, -0.15) is 5.10 Å². The molecule has 0 aliphatic carbocycles. The van der Waals surface area contributed by atoms with Gasteiger partial charge >= 0.3 is 0 Å². The molecule has 1 atom stereocenters. The zero-order chi connectivity index (χ0) is 21.6. The van der Waals surface area contributed by atoms with Crippen LogP contribution >= 0.6 is 23.2 Å². The maximum Gasteiger partial charge on any atom is 0.246 e. The molecule has 1 amide bonds. The van der Waals surface area contributed by atoms with Gasteiger partial charge in [0, 0.05) is 42.5 Å². The van der Waals surface area contributed by atoms with Crippen LogP contribution in [-0.4, -0.2) is 33.7 Å². The molecule has 1 fully saturated rings. The van der Waals surface area contributed by atoms with E-state index in [2.05, 4.69) is 17.0 Å². The minimum atomic E-state index is -0.942. The summed E-state index contributed by atoms with van der Waals surface area (Å²) in [5.41, 5.74) is 1.95. The summed E-state index contributed by atoms with van der Waals surface area (Å²) >= 11 is 12.7. The van der Waals surface area contributed by atoms with Crippen molar-refractivity contribution in [2.45, 2.75) is 18.9 Å². The maximum absolute atomic E-state index is 15.0. The predicted molar refractivity (Wildman–Crippen MR) is 119 cm³/mol. The number of carbonyl (C=O) groups is 1. The van der Waals surface area contributed by atoms with Gasteiger partial charge in [-0.25, -0.2) is 4.39 Å². The van der Waals surface area contributed by atoms with Gasteiger partial charge in [-0.1, -0.05) is 29.8 Å². The van der Waals surface area contributed by atoms with Crippen LogP contribution in [0.2, 0.25) is 10.0 Å². The quantitative estimate of drug-likeness (QED) is 0.450. The van der Waals surface area contributed by atoms with E-state index < -0.39 is 11.4 Å². The number of anilines is 1. The summed E-state index contributed by atoms with van der Waals surface area (Å²) in [6.45, 7) is 6.23. The number of nitrogens with one attached hydrogen (secondary N) is 1. The van der Waals surface area contributed by atoms with Crippen molar-refractivity contribution in [1.82, 2.24) is 14.7 Å². The molecule has 1 saturated heterocycles. The first-order chi connectivity index (χ1) is 14.3. The summed E-state index contributed by atoms with van der Waals surface area (Å²) in [5.74, 6) is -0.687. The molecule has 156 valence electrons. The monoisotopic (exact) mass is 446 g/mol. The van der Waals surface area contributed by atoms with Crippen molar-refractivity contribution in [3.63, 3.8) is 0 Å². The van der Waals surface area contributed by atoms with E-state index in [9.17, 15) is 4.79 Å². The van der Waals surface area contributed by atoms with Gasteiger partial charge in [0.15, 0.2) is 0 Å². The van der Waals surface area contributed by atoms with E-state index in [1.54, 1.807) is 4.90 Å². The molecule has 30 heavy (non-hydrogen) atoms. The minimum Gasteiger partial charge on any atom is -0.373 e. The molecule has 2 aromatic carbocycles. The first-order valence-corrected chi connectivity index (χ1v) is 10.3. The second-order valence-corrected chi connectivity index (χ2v) is 8.37. The molecule has 1 N–H and O–H groups in total. The standard InChI is InChI=1S/C22H21Cl2FN4O/c1-4-19(30)29-10-9-22(12-29,20-17(25)8-7-16(23)21(20)24)26-14-5-6-15-13(2)28(3)27-18(15)11-14/h4-8,11,26H,1,9-10,12H2,2-3H3/t22-/m1/s1. The Morgan fingerprint density at radius 1 is 1.33 bits per heavy atom. The Morgan fingerprint density at radius 2 is 2.10 bits per heavy atom. The summed E-state index contributed by atoms with van der Waals surface area (Å²) < 4.78 is 16.8. The number of amides is 1. The molecule has 3 aromatic rings. The SMILES string of the molecule is C=CC(=O)N1CC[C@](Nc2ccc3c(C)n(C)nc3c2)(c2c(F)ccc(Cl)c2Cl)C1. The van der Waals surface area contributed by atoms with E-state index in [1.165, 1.54) is 18.2 Å². The molecule has 0 saturated carbocycles. The van der Waals surface area contributed by atoms with Crippen LogP contribution in [0.3, 0.4) is 0 Å². The molecule has 5 nitrogen and oxygen atoms in total. The largest absolute Gasteiger partial charge is 0.373 e. The van der Waals surface area contributed by atoms with Crippen LogP contribution in [0.4, 0.5) is 10.1 Å². The predicted octanol–water partition coefficient (Wildman–Crippen LogP) is 5.05. The fourth-order valence-electron chi connectivity index (χ4n) is 4.15. The number of hydrogen-bond acceptors (Lipinski definition) is 3. The summed E-state index contributed by atoms with van der Waals surface area (Å²) in [6, 6.07) is 8.55. The highest BCUT2D eigenvalue weighted by Gasteiger charge is 2.44. The number of benzene rings is 2. The highest BCUT2D eigenvalue weighted by Crippen LogP contribution is 2.43. The molecule has 4 rings (SSSR count). The number of halogens is 3. The Hall–Kier alpha value is -2.57. The van der Waals surface area contributed by atoms with E-state index in [0.29, 0.717) is 13.0 Å². The van der Waals surface area contributed by atoms with Crippen molar-refractivity contribution >= 4 is 45.7 Å². The zero-order valence-electron chi connectivity index (χ0n) is 16.7. The molecule has 8 heteroatoms. The number of aromatic nitrogens is 2. The Kier molecular flexibility index (Phi) is 5.24. The highest BCUT2D eigenvalue weighted by molar-refractivity contribution is 6.42. The van der Waals surface area contributed by atoms with Gasteiger partial charge in [-0.3, -0.25) is 9.48 Å². The van der Waals surface area contributed by atoms with Crippen molar-refractivity contribution in [3.05, 3.63) is 70.1 Å². The maximum atomic E-state index is 15.0. The van der Waals surface area contributed by atoms with Crippen LogP contribution in [0.25, 0.3) is 10.9 Å². The fraction of sp³-hybridized carbons (Fsp3) is 0.273. The van der Waals surface area contributed by atoms with Gasteiger partial charge < -0.3 is 10.2 Å². The molecule has 1 aliphatic rings. The molecule has 2 heterocycles. The third kappa shape index (κ3) is 3.34.